The van der Waals surface area contributed by atoms with E-state index in [4.69, 9.17) is 5.26 Å². The molecule has 2 heteroatoms. The van der Waals surface area contributed by atoms with E-state index in [1.807, 2.05) is 25.1 Å². The van der Waals surface area contributed by atoms with Gasteiger partial charge in [0, 0.05) is 12.6 Å². The number of rotatable bonds is 4. The van der Waals surface area contributed by atoms with Crippen LogP contribution in [0.4, 0.5) is 0 Å². The van der Waals surface area contributed by atoms with Gasteiger partial charge in [0.1, 0.15) is 0 Å². The largest absolute Gasteiger partial charge is 0.306 e. The molecule has 0 heterocycles. The van der Waals surface area contributed by atoms with E-state index >= 15 is 0 Å². The molecule has 0 saturated heterocycles. The second-order valence-corrected chi connectivity index (χ2v) is 5.27. The standard InChI is InChI=1S/C18H20N2/c1-13-4-7-17(8-5-13)15(3)20-12-18-9-6-16(11-19)10-14(18)2/h4-10,15,20H,12H2,1-3H3/t15-/m0/s1. The zero-order valence-electron chi connectivity index (χ0n) is 12.3. The van der Waals surface area contributed by atoms with E-state index in [0.29, 0.717) is 6.04 Å². The van der Waals surface area contributed by atoms with E-state index in [2.05, 4.69) is 49.5 Å². The first-order valence-corrected chi connectivity index (χ1v) is 6.89. The maximum absolute atomic E-state index is 8.88. The van der Waals surface area contributed by atoms with Crippen molar-refractivity contribution in [2.45, 2.75) is 33.4 Å². The van der Waals surface area contributed by atoms with Crippen molar-refractivity contribution in [1.82, 2.24) is 5.32 Å². The lowest BCUT2D eigenvalue weighted by molar-refractivity contribution is 0.573. The van der Waals surface area contributed by atoms with Crippen molar-refractivity contribution in [2.75, 3.05) is 0 Å². The molecule has 0 saturated carbocycles. The van der Waals surface area contributed by atoms with Crippen molar-refractivity contribution in [3.63, 3.8) is 0 Å². The lowest BCUT2D eigenvalue weighted by Crippen LogP contribution is -2.18. The minimum absolute atomic E-state index is 0.311. The van der Waals surface area contributed by atoms with Gasteiger partial charge in [-0.3, -0.25) is 0 Å². The lowest BCUT2D eigenvalue weighted by Gasteiger charge is -2.15. The summed E-state index contributed by atoms with van der Waals surface area (Å²) < 4.78 is 0. The molecule has 0 spiro atoms. The Labute approximate surface area is 121 Å². The van der Waals surface area contributed by atoms with Gasteiger partial charge in [-0.05, 0) is 49.6 Å². The van der Waals surface area contributed by atoms with Crippen molar-refractivity contribution >= 4 is 0 Å². The lowest BCUT2D eigenvalue weighted by atomic mass is 10.0. The number of nitriles is 1. The topological polar surface area (TPSA) is 35.8 Å². The Balaban J connectivity index is 2.01. The molecule has 0 amide bonds. The summed E-state index contributed by atoms with van der Waals surface area (Å²) in [4.78, 5) is 0. The molecule has 2 aromatic carbocycles. The van der Waals surface area contributed by atoms with E-state index in [1.165, 1.54) is 16.7 Å². The maximum Gasteiger partial charge on any atom is 0.0991 e. The van der Waals surface area contributed by atoms with Crippen molar-refractivity contribution in [3.8, 4) is 6.07 Å². The van der Waals surface area contributed by atoms with Gasteiger partial charge in [0.25, 0.3) is 0 Å². The fraction of sp³-hybridized carbons (Fsp3) is 0.278. The summed E-state index contributed by atoms with van der Waals surface area (Å²) in [5.74, 6) is 0. The Morgan fingerprint density at radius 2 is 1.80 bits per heavy atom. The van der Waals surface area contributed by atoms with E-state index in [9.17, 15) is 0 Å². The minimum atomic E-state index is 0.311. The molecule has 102 valence electrons. The summed E-state index contributed by atoms with van der Waals surface area (Å²) in [7, 11) is 0. The fourth-order valence-electron chi connectivity index (χ4n) is 2.20. The molecule has 0 bridgehead atoms. The minimum Gasteiger partial charge on any atom is -0.306 e. The summed E-state index contributed by atoms with van der Waals surface area (Å²) in [6.45, 7) is 7.13. The predicted octanol–water partition coefficient (Wildman–Crippen LogP) is 4.03. The van der Waals surface area contributed by atoms with E-state index in [1.54, 1.807) is 0 Å². The summed E-state index contributed by atoms with van der Waals surface area (Å²) in [6, 6.07) is 16.9. The van der Waals surface area contributed by atoms with Crippen LogP contribution in [0.3, 0.4) is 0 Å². The molecule has 0 radical (unpaired) electrons. The highest BCUT2D eigenvalue weighted by Crippen LogP contribution is 2.15. The number of nitrogens with one attached hydrogen (secondary N) is 1. The van der Waals surface area contributed by atoms with Crippen LogP contribution in [0.15, 0.2) is 42.5 Å². The van der Waals surface area contributed by atoms with E-state index in [-0.39, 0.29) is 0 Å². The van der Waals surface area contributed by atoms with Crippen LogP contribution in [-0.2, 0) is 6.54 Å². The quantitative estimate of drug-likeness (QED) is 0.905. The summed E-state index contributed by atoms with van der Waals surface area (Å²) in [6.07, 6.45) is 0. The number of aryl methyl sites for hydroxylation is 2. The van der Waals surface area contributed by atoms with Crippen molar-refractivity contribution in [2.24, 2.45) is 0 Å². The molecule has 0 aliphatic rings. The Morgan fingerprint density at radius 1 is 1.10 bits per heavy atom. The molecule has 2 nitrogen and oxygen atoms in total. The fourth-order valence-corrected chi connectivity index (χ4v) is 2.20. The highest BCUT2D eigenvalue weighted by atomic mass is 14.9. The van der Waals surface area contributed by atoms with Crippen LogP contribution in [-0.4, -0.2) is 0 Å². The Hall–Kier alpha value is -2.11. The molecule has 0 unspecified atom stereocenters. The second kappa shape index (κ2) is 6.36. The first-order valence-electron chi connectivity index (χ1n) is 6.89. The second-order valence-electron chi connectivity index (χ2n) is 5.27. The zero-order chi connectivity index (χ0) is 14.5. The van der Waals surface area contributed by atoms with Gasteiger partial charge in [-0.2, -0.15) is 5.26 Å². The van der Waals surface area contributed by atoms with E-state index in [0.717, 1.165) is 17.7 Å². The Morgan fingerprint density at radius 3 is 2.40 bits per heavy atom. The van der Waals surface area contributed by atoms with Gasteiger partial charge in [-0.25, -0.2) is 0 Å². The van der Waals surface area contributed by atoms with Gasteiger partial charge < -0.3 is 5.32 Å². The van der Waals surface area contributed by atoms with Crippen LogP contribution >= 0.6 is 0 Å². The molecule has 1 atom stereocenters. The smallest absolute Gasteiger partial charge is 0.0991 e. The van der Waals surface area contributed by atoms with Crippen LogP contribution in [0.1, 0.15) is 40.8 Å². The van der Waals surface area contributed by atoms with Gasteiger partial charge >= 0.3 is 0 Å². The molecule has 20 heavy (non-hydrogen) atoms. The summed E-state index contributed by atoms with van der Waals surface area (Å²) in [5.41, 5.74) is 5.69. The molecule has 1 N–H and O–H groups in total. The molecule has 0 aromatic heterocycles. The highest BCUT2D eigenvalue weighted by molar-refractivity contribution is 5.37. The molecular formula is C18H20N2. The predicted molar refractivity (Wildman–Crippen MR) is 82.3 cm³/mol. The Kier molecular flexibility index (Phi) is 4.55. The summed E-state index contributed by atoms with van der Waals surface area (Å²) in [5, 5.41) is 12.4. The van der Waals surface area contributed by atoms with Crippen molar-refractivity contribution < 1.29 is 0 Å². The zero-order valence-corrected chi connectivity index (χ0v) is 12.3. The third-order valence-electron chi connectivity index (χ3n) is 3.65. The first-order chi connectivity index (χ1) is 9.60. The normalized spacial score (nSPS) is 11.9. The van der Waals surface area contributed by atoms with Crippen LogP contribution in [0.5, 0.6) is 0 Å². The van der Waals surface area contributed by atoms with Gasteiger partial charge in [-0.15, -0.1) is 0 Å². The van der Waals surface area contributed by atoms with Crippen molar-refractivity contribution in [1.29, 1.82) is 5.26 Å². The van der Waals surface area contributed by atoms with Gasteiger partial charge in [-0.1, -0.05) is 35.9 Å². The van der Waals surface area contributed by atoms with Crippen LogP contribution < -0.4 is 5.32 Å². The van der Waals surface area contributed by atoms with Gasteiger partial charge in [0.15, 0.2) is 0 Å². The van der Waals surface area contributed by atoms with Gasteiger partial charge in [0.2, 0.25) is 0 Å². The van der Waals surface area contributed by atoms with Crippen LogP contribution in [0.25, 0.3) is 0 Å². The monoisotopic (exact) mass is 264 g/mol. The average Bonchev–Trinajstić information content (AvgIpc) is 2.46. The molecule has 2 aromatic rings. The van der Waals surface area contributed by atoms with Crippen molar-refractivity contribution in [3.05, 3.63) is 70.3 Å². The molecule has 2 rings (SSSR count). The van der Waals surface area contributed by atoms with E-state index < -0.39 is 0 Å². The number of nitrogens with zero attached hydrogens (tertiary/aromatic N) is 1. The summed E-state index contributed by atoms with van der Waals surface area (Å²) >= 11 is 0. The highest BCUT2D eigenvalue weighted by Gasteiger charge is 2.06. The first kappa shape index (κ1) is 14.3. The molecule has 0 fully saturated rings. The number of hydrogen-bond acceptors (Lipinski definition) is 2. The number of hydrogen-bond donors (Lipinski definition) is 1. The SMILES string of the molecule is Cc1ccc([C@H](C)NCc2ccc(C#N)cc2C)cc1. The van der Waals surface area contributed by atoms with Gasteiger partial charge in [0.05, 0.1) is 11.6 Å². The molecule has 0 aliphatic carbocycles. The third kappa shape index (κ3) is 3.46. The number of benzene rings is 2. The molecular weight excluding hydrogens is 244 g/mol. The third-order valence-corrected chi connectivity index (χ3v) is 3.65. The maximum atomic E-state index is 8.88. The molecule has 0 aliphatic heterocycles. The Bertz CT molecular complexity index is 621. The van der Waals surface area contributed by atoms with Crippen LogP contribution in [0.2, 0.25) is 0 Å². The van der Waals surface area contributed by atoms with Crippen LogP contribution in [0, 0.1) is 25.2 Å². The average molecular weight is 264 g/mol.